The van der Waals surface area contributed by atoms with Crippen molar-refractivity contribution in [2.45, 2.75) is 38.5 Å². The molecule has 1 saturated carbocycles. The summed E-state index contributed by atoms with van der Waals surface area (Å²) >= 11 is 0. The molecule has 96 valence electrons. The molecule has 1 fully saturated rings. The van der Waals surface area contributed by atoms with E-state index in [4.69, 9.17) is 0 Å². The van der Waals surface area contributed by atoms with E-state index in [1.165, 1.54) is 38.5 Å². The third kappa shape index (κ3) is 2.44. The van der Waals surface area contributed by atoms with Crippen molar-refractivity contribution >= 4 is 11.5 Å². The van der Waals surface area contributed by atoms with Crippen LogP contribution in [0.5, 0.6) is 0 Å². The first-order chi connectivity index (χ1) is 8.93. The van der Waals surface area contributed by atoms with Gasteiger partial charge in [0.2, 0.25) is 5.65 Å². The Morgan fingerprint density at radius 3 is 3.06 bits per heavy atom. The molecular weight excluding hydrogens is 226 g/mol. The van der Waals surface area contributed by atoms with Gasteiger partial charge in [0.1, 0.15) is 6.33 Å². The molecule has 18 heavy (non-hydrogen) atoms. The van der Waals surface area contributed by atoms with Crippen LogP contribution in [0.15, 0.2) is 18.7 Å². The molecule has 1 N–H and O–H groups in total. The van der Waals surface area contributed by atoms with E-state index >= 15 is 0 Å². The van der Waals surface area contributed by atoms with Crippen LogP contribution in [0, 0.1) is 5.92 Å². The molecule has 2 heterocycles. The van der Waals surface area contributed by atoms with Crippen molar-refractivity contribution in [2.24, 2.45) is 5.92 Å². The van der Waals surface area contributed by atoms with Crippen LogP contribution in [0.25, 0.3) is 5.65 Å². The van der Waals surface area contributed by atoms with Gasteiger partial charge in [0.15, 0.2) is 5.82 Å². The lowest BCUT2D eigenvalue weighted by atomic mass is 9.87. The number of rotatable bonds is 4. The number of aromatic nitrogens is 4. The van der Waals surface area contributed by atoms with E-state index < -0.39 is 0 Å². The summed E-state index contributed by atoms with van der Waals surface area (Å²) in [5.74, 6) is 1.73. The Morgan fingerprint density at radius 1 is 1.28 bits per heavy atom. The number of fused-ring (bicyclic) bond motifs is 1. The van der Waals surface area contributed by atoms with Gasteiger partial charge in [0, 0.05) is 18.9 Å². The highest BCUT2D eigenvalue weighted by molar-refractivity contribution is 5.61. The maximum Gasteiger partial charge on any atom is 0.203 e. The molecule has 0 aliphatic heterocycles. The minimum absolute atomic E-state index is 0.807. The Bertz CT molecular complexity index is 501. The van der Waals surface area contributed by atoms with Crippen molar-refractivity contribution in [3.8, 4) is 0 Å². The molecule has 0 bridgehead atoms. The summed E-state index contributed by atoms with van der Waals surface area (Å²) < 4.78 is 1.88. The Labute approximate surface area is 107 Å². The highest BCUT2D eigenvalue weighted by atomic mass is 15.2. The van der Waals surface area contributed by atoms with Crippen molar-refractivity contribution in [2.75, 3.05) is 11.9 Å². The SMILES string of the molecule is c1cn2cnnc2c(NCCC2CCCCC2)n1. The smallest absolute Gasteiger partial charge is 0.203 e. The van der Waals surface area contributed by atoms with Gasteiger partial charge >= 0.3 is 0 Å². The topological polar surface area (TPSA) is 55.1 Å². The Hall–Kier alpha value is -1.65. The quantitative estimate of drug-likeness (QED) is 0.899. The van der Waals surface area contributed by atoms with Crippen molar-refractivity contribution in [1.29, 1.82) is 0 Å². The van der Waals surface area contributed by atoms with E-state index in [9.17, 15) is 0 Å². The molecule has 3 rings (SSSR count). The average molecular weight is 245 g/mol. The summed E-state index contributed by atoms with van der Waals surface area (Å²) in [7, 11) is 0. The third-order valence-corrected chi connectivity index (χ3v) is 3.79. The predicted molar refractivity (Wildman–Crippen MR) is 70.5 cm³/mol. The van der Waals surface area contributed by atoms with Crippen molar-refractivity contribution in [3.05, 3.63) is 18.7 Å². The molecule has 2 aromatic rings. The lowest BCUT2D eigenvalue weighted by Gasteiger charge is -2.21. The van der Waals surface area contributed by atoms with Gasteiger partial charge in [-0.1, -0.05) is 32.1 Å². The van der Waals surface area contributed by atoms with Crippen molar-refractivity contribution < 1.29 is 0 Å². The van der Waals surface area contributed by atoms with Gasteiger partial charge in [0.05, 0.1) is 0 Å². The highest BCUT2D eigenvalue weighted by Crippen LogP contribution is 2.26. The zero-order chi connectivity index (χ0) is 12.2. The summed E-state index contributed by atoms with van der Waals surface area (Å²) in [4.78, 5) is 4.33. The number of nitrogens with one attached hydrogen (secondary N) is 1. The van der Waals surface area contributed by atoms with E-state index in [-0.39, 0.29) is 0 Å². The molecule has 0 unspecified atom stereocenters. The van der Waals surface area contributed by atoms with E-state index in [0.29, 0.717) is 0 Å². The van der Waals surface area contributed by atoms with Gasteiger partial charge in [-0.25, -0.2) is 4.98 Å². The second-order valence-electron chi connectivity index (χ2n) is 5.06. The second-order valence-corrected chi connectivity index (χ2v) is 5.06. The van der Waals surface area contributed by atoms with Crippen LogP contribution in [0.3, 0.4) is 0 Å². The van der Waals surface area contributed by atoms with Crippen molar-refractivity contribution in [3.63, 3.8) is 0 Å². The van der Waals surface area contributed by atoms with Gasteiger partial charge in [-0.05, 0) is 12.3 Å². The molecule has 0 amide bonds. The van der Waals surface area contributed by atoms with Gasteiger partial charge in [0.25, 0.3) is 0 Å². The highest BCUT2D eigenvalue weighted by Gasteiger charge is 2.13. The zero-order valence-electron chi connectivity index (χ0n) is 10.5. The largest absolute Gasteiger partial charge is 0.367 e. The maximum atomic E-state index is 4.33. The minimum Gasteiger partial charge on any atom is -0.367 e. The summed E-state index contributed by atoms with van der Waals surface area (Å²) in [5.41, 5.74) is 0.807. The van der Waals surface area contributed by atoms with E-state index in [1.54, 1.807) is 12.5 Å². The minimum atomic E-state index is 0.807. The monoisotopic (exact) mass is 245 g/mol. The van der Waals surface area contributed by atoms with E-state index in [2.05, 4.69) is 20.5 Å². The zero-order valence-corrected chi connectivity index (χ0v) is 10.5. The summed E-state index contributed by atoms with van der Waals surface area (Å²) in [6, 6.07) is 0. The molecular formula is C13H19N5. The van der Waals surface area contributed by atoms with Gasteiger partial charge in [-0.2, -0.15) is 0 Å². The third-order valence-electron chi connectivity index (χ3n) is 3.79. The number of hydrogen-bond acceptors (Lipinski definition) is 4. The number of anilines is 1. The molecule has 0 radical (unpaired) electrons. The fraction of sp³-hybridized carbons (Fsp3) is 0.615. The van der Waals surface area contributed by atoms with Crippen LogP contribution in [0.2, 0.25) is 0 Å². The molecule has 5 nitrogen and oxygen atoms in total. The summed E-state index contributed by atoms with van der Waals surface area (Å²) in [6.45, 7) is 0.976. The second kappa shape index (κ2) is 5.33. The molecule has 1 aliphatic rings. The standard InChI is InChI=1S/C13H19N5/c1-2-4-11(5-3-1)6-7-14-12-13-17-16-10-18(13)9-8-15-12/h8-11H,1-7H2,(H,14,15). The lowest BCUT2D eigenvalue weighted by Crippen LogP contribution is -2.13. The van der Waals surface area contributed by atoms with Crippen LogP contribution in [0.1, 0.15) is 38.5 Å². The van der Waals surface area contributed by atoms with Gasteiger partial charge < -0.3 is 5.32 Å². The fourth-order valence-corrected chi connectivity index (χ4v) is 2.75. The molecule has 0 saturated heterocycles. The molecule has 0 aromatic carbocycles. The van der Waals surface area contributed by atoms with Crippen LogP contribution >= 0.6 is 0 Å². The Morgan fingerprint density at radius 2 is 2.17 bits per heavy atom. The van der Waals surface area contributed by atoms with Crippen LogP contribution in [-0.4, -0.2) is 26.1 Å². The lowest BCUT2D eigenvalue weighted by molar-refractivity contribution is 0.345. The first-order valence-corrected chi connectivity index (χ1v) is 6.82. The van der Waals surface area contributed by atoms with E-state index in [1.807, 2.05) is 10.6 Å². The normalized spacial score (nSPS) is 17.1. The van der Waals surface area contributed by atoms with Crippen LogP contribution < -0.4 is 5.32 Å². The van der Waals surface area contributed by atoms with E-state index in [0.717, 1.165) is 23.9 Å². The average Bonchev–Trinajstić information content (AvgIpc) is 2.89. The van der Waals surface area contributed by atoms with Crippen LogP contribution in [-0.2, 0) is 0 Å². The molecule has 5 heteroatoms. The molecule has 0 spiro atoms. The van der Waals surface area contributed by atoms with Crippen LogP contribution in [0.4, 0.5) is 5.82 Å². The Kier molecular flexibility index (Phi) is 3.39. The summed E-state index contributed by atoms with van der Waals surface area (Å²) in [5, 5.41) is 11.4. The number of hydrogen-bond donors (Lipinski definition) is 1. The van der Waals surface area contributed by atoms with Gasteiger partial charge in [-0.3, -0.25) is 4.40 Å². The molecule has 0 atom stereocenters. The predicted octanol–water partition coefficient (Wildman–Crippen LogP) is 2.51. The number of nitrogens with zero attached hydrogens (tertiary/aromatic N) is 4. The first kappa shape index (κ1) is 11.4. The first-order valence-electron chi connectivity index (χ1n) is 6.82. The molecule has 1 aliphatic carbocycles. The Balaban J connectivity index is 1.57. The summed E-state index contributed by atoms with van der Waals surface area (Å²) in [6.07, 6.45) is 13.6. The van der Waals surface area contributed by atoms with Gasteiger partial charge in [-0.15, -0.1) is 10.2 Å². The maximum absolute atomic E-state index is 4.33. The fourth-order valence-electron chi connectivity index (χ4n) is 2.75. The van der Waals surface area contributed by atoms with Crippen molar-refractivity contribution in [1.82, 2.24) is 19.6 Å². The molecule has 2 aromatic heterocycles.